The molecule has 3 aromatic rings. The molecular formula is C23H28N2O4. The molecule has 2 N–H and O–H groups in total. The van der Waals surface area contributed by atoms with E-state index in [4.69, 9.17) is 14.2 Å². The Bertz CT molecular complexity index is 955. The maximum atomic E-state index is 12.4. The molecule has 0 aliphatic rings. The number of rotatable bonds is 9. The Morgan fingerprint density at radius 1 is 1.07 bits per heavy atom. The van der Waals surface area contributed by atoms with Gasteiger partial charge in [0.15, 0.2) is 11.5 Å². The first-order valence-electron chi connectivity index (χ1n) is 9.71. The summed E-state index contributed by atoms with van der Waals surface area (Å²) < 4.78 is 16.1. The second kappa shape index (κ2) is 9.37. The Labute approximate surface area is 171 Å². The number of para-hydroxylation sites is 1. The number of carbonyl (C=O) groups is 1. The van der Waals surface area contributed by atoms with Gasteiger partial charge in [-0.3, -0.25) is 4.79 Å². The first-order valence-corrected chi connectivity index (χ1v) is 9.71. The van der Waals surface area contributed by atoms with Crippen LogP contribution in [0.25, 0.3) is 10.9 Å². The van der Waals surface area contributed by atoms with Gasteiger partial charge in [0.25, 0.3) is 0 Å². The van der Waals surface area contributed by atoms with Crippen LogP contribution in [0.5, 0.6) is 17.2 Å². The molecule has 154 valence electrons. The average Bonchev–Trinajstić information content (AvgIpc) is 3.15. The van der Waals surface area contributed by atoms with Gasteiger partial charge in [0.05, 0.1) is 27.4 Å². The largest absolute Gasteiger partial charge is 0.493 e. The lowest BCUT2D eigenvalue weighted by molar-refractivity contribution is -0.121. The Kier molecular flexibility index (Phi) is 6.65. The van der Waals surface area contributed by atoms with Crippen LogP contribution in [0.15, 0.2) is 42.6 Å². The molecule has 0 spiro atoms. The van der Waals surface area contributed by atoms with Gasteiger partial charge in [-0.05, 0) is 49.1 Å². The monoisotopic (exact) mass is 396 g/mol. The van der Waals surface area contributed by atoms with Crippen LogP contribution in [0.2, 0.25) is 0 Å². The maximum Gasteiger partial charge on any atom is 0.220 e. The smallest absolute Gasteiger partial charge is 0.220 e. The van der Waals surface area contributed by atoms with E-state index in [9.17, 15) is 4.79 Å². The first-order chi connectivity index (χ1) is 14.1. The zero-order valence-electron chi connectivity index (χ0n) is 17.4. The zero-order chi connectivity index (χ0) is 20.8. The van der Waals surface area contributed by atoms with Crippen LogP contribution in [0.4, 0.5) is 0 Å². The van der Waals surface area contributed by atoms with Gasteiger partial charge < -0.3 is 24.5 Å². The Hall–Kier alpha value is -3.15. The van der Waals surface area contributed by atoms with Crippen molar-refractivity contribution in [3.05, 3.63) is 53.7 Å². The predicted molar refractivity (Wildman–Crippen MR) is 114 cm³/mol. The van der Waals surface area contributed by atoms with Gasteiger partial charge in [-0.1, -0.05) is 18.2 Å². The first kappa shape index (κ1) is 20.6. The molecule has 1 heterocycles. The zero-order valence-corrected chi connectivity index (χ0v) is 17.4. The molecular weight excluding hydrogens is 368 g/mol. The molecule has 1 unspecified atom stereocenters. The summed E-state index contributed by atoms with van der Waals surface area (Å²) in [5, 5.41) is 4.28. The molecule has 1 aromatic heterocycles. The lowest BCUT2D eigenvalue weighted by atomic mass is 10.1. The second-order valence-electron chi connectivity index (χ2n) is 6.96. The number of fused-ring (bicyclic) bond motifs is 1. The van der Waals surface area contributed by atoms with Gasteiger partial charge in [0, 0.05) is 23.5 Å². The fourth-order valence-corrected chi connectivity index (χ4v) is 3.53. The molecule has 0 fully saturated rings. The number of H-pyrrole nitrogens is 1. The van der Waals surface area contributed by atoms with Crippen molar-refractivity contribution in [2.75, 3.05) is 21.3 Å². The molecule has 0 saturated heterocycles. The van der Waals surface area contributed by atoms with Crippen LogP contribution in [0.3, 0.4) is 0 Å². The summed E-state index contributed by atoms with van der Waals surface area (Å²) in [5.74, 6) is 1.70. The Balaban J connectivity index is 1.59. The standard InChI is InChI=1S/C23H28N2O4/c1-15(17-12-20(27-2)23(29-4)21(13-17)28-3)25-22(26)11-7-8-16-14-24-19-10-6-5-9-18(16)19/h5-6,9-10,12-15,24H,7-8,11H2,1-4H3,(H,25,26). The summed E-state index contributed by atoms with van der Waals surface area (Å²) in [6, 6.07) is 11.8. The number of aromatic amines is 1. The number of ether oxygens (including phenoxy) is 3. The van der Waals surface area contributed by atoms with Crippen molar-refractivity contribution >= 4 is 16.8 Å². The van der Waals surface area contributed by atoms with E-state index in [0.717, 1.165) is 23.9 Å². The van der Waals surface area contributed by atoms with Gasteiger partial charge in [-0.2, -0.15) is 0 Å². The van der Waals surface area contributed by atoms with Crippen LogP contribution in [0.1, 0.15) is 36.9 Å². The minimum absolute atomic E-state index is 0.0195. The molecule has 3 rings (SSSR count). The van der Waals surface area contributed by atoms with Crippen molar-refractivity contribution in [3.8, 4) is 17.2 Å². The summed E-state index contributed by atoms with van der Waals surface area (Å²) in [5.41, 5.74) is 3.26. The SMILES string of the molecule is COc1cc(C(C)NC(=O)CCCc2c[nH]c3ccccc23)cc(OC)c1OC. The van der Waals surface area contributed by atoms with Gasteiger partial charge in [0.1, 0.15) is 0 Å². The highest BCUT2D eigenvalue weighted by Gasteiger charge is 2.17. The van der Waals surface area contributed by atoms with Crippen LogP contribution >= 0.6 is 0 Å². The summed E-state index contributed by atoms with van der Waals surface area (Å²) in [7, 11) is 4.73. The summed E-state index contributed by atoms with van der Waals surface area (Å²) in [6.07, 6.45) is 4.14. The van der Waals surface area contributed by atoms with E-state index in [1.807, 2.05) is 37.4 Å². The molecule has 0 aliphatic heterocycles. The third kappa shape index (κ3) is 4.65. The van der Waals surface area contributed by atoms with Crippen LogP contribution in [-0.2, 0) is 11.2 Å². The van der Waals surface area contributed by atoms with Crippen molar-refractivity contribution in [1.29, 1.82) is 0 Å². The number of methoxy groups -OCH3 is 3. The molecule has 0 radical (unpaired) electrons. The van der Waals surface area contributed by atoms with Crippen LogP contribution in [-0.4, -0.2) is 32.2 Å². The van der Waals surface area contributed by atoms with Gasteiger partial charge >= 0.3 is 0 Å². The molecule has 1 amide bonds. The summed E-state index contributed by atoms with van der Waals surface area (Å²) >= 11 is 0. The number of aryl methyl sites for hydroxylation is 1. The van der Waals surface area contributed by atoms with Crippen molar-refractivity contribution in [3.63, 3.8) is 0 Å². The highest BCUT2D eigenvalue weighted by molar-refractivity contribution is 5.83. The third-order valence-electron chi connectivity index (χ3n) is 5.09. The molecule has 0 aliphatic carbocycles. The van der Waals surface area contributed by atoms with Crippen LogP contribution in [0, 0.1) is 0 Å². The summed E-state index contributed by atoms with van der Waals surface area (Å²) in [6.45, 7) is 1.94. The quantitative estimate of drug-likeness (QED) is 0.562. The number of carbonyl (C=O) groups excluding carboxylic acids is 1. The molecule has 29 heavy (non-hydrogen) atoms. The maximum absolute atomic E-state index is 12.4. The molecule has 0 bridgehead atoms. The highest BCUT2D eigenvalue weighted by Crippen LogP contribution is 2.39. The second-order valence-corrected chi connectivity index (χ2v) is 6.96. The van der Waals surface area contributed by atoms with Crippen LogP contribution < -0.4 is 19.5 Å². The number of amides is 1. The highest BCUT2D eigenvalue weighted by atomic mass is 16.5. The Morgan fingerprint density at radius 3 is 2.41 bits per heavy atom. The van der Waals surface area contributed by atoms with E-state index < -0.39 is 0 Å². The van der Waals surface area contributed by atoms with E-state index in [0.29, 0.717) is 23.7 Å². The number of benzene rings is 2. The fraction of sp³-hybridized carbons (Fsp3) is 0.348. The number of aromatic nitrogens is 1. The minimum Gasteiger partial charge on any atom is -0.493 e. The average molecular weight is 396 g/mol. The van der Waals surface area contributed by atoms with Crippen molar-refractivity contribution in [2.45, 2.75) is 32.2 Å². The topological polar surface area (TPSA) is 72.6 Å². The Morgan fingerprint density at radius 2 is 1.76 bits per heavy atom. The predicted octanol–water partition coefficient (Wildman–Crippen LogP) is 4.39. The minimum atomic E-state index is -0.177. The van der Waals surface area contributed by atoms with E-state index in [2.05, 4.69) is 22.4 Å². The number of hydrogen-bond donors (Lipinski definition) is 2. The van der Waals surface area contributed by atoms with E-state index in [-0.39, 0.29) is 11.9 Å². The number of hydrogen-bond acceptors (Lipinski definition) is 4. The van der Waals surface area contributed by atoms with Crippen molar-refractivity contribution < 1.29 is 19.0 Å². The fourth-order valence-electron chi connectivity index (χ4n) is 3.53. The van der Waals surface area contributed by atoms with E-state index in [1.165, 1.54) is 10.9 Å². The molecule has 6 nitrogen and oxygen atoms in total. The van der Waals surface area contributed by atoms with E-state index >= 15 is 0 Å². The molecule has 0 saturated carbocycles. The lowest BCUT2D eigenvalue weighted by Gasteiger charge is -2.18. The lowest BCUT2D eigenvalue weighted by Crippen LogP contribution is -2.26. The van der Waals surface area contributed by atoms with Gasteiger partial charge in [0.2, 0.25) is 11.7 Å². The van der Waals surface area contributed by atoms with Crippen molar-refractivity contribution in [1.82, 2.24) is 10.3 Å². The molecule has 1 atom stereocenters. The normalized spacial score (nSPS) is 11.9. The van der Waals surface area contributed by atoms with Crippen molar-refractivity contribution in [2.24, 2.45) is 0 Å². The molecule has 2 aromatic carbocycles. The van der Waals surface area contributed by atoms with E-state index in [1.54, 1.807) is 21.3 Å². The summed E-state index contributed by atoms with van der Waals surface area (Å²) in [4.78, 5) is 15.7. The third-order valence-corrected chi connectivity index (χ3v) is 5.09. The number of nitrogens with one attached hydrogen (secondary N) is 2. The molecule has 6 heteroatoms. The van der Waals surface area contributed by atoms with Gasteiger partial charge in [-0.15, -0.1) is 0 Å². The van der Waals surface area contributed by atoms with Gasteiger partial charge in [-0.25, -0.2) is 0 Å².